The minimum Gasteiger partial charge on any atom is -0.465 e. The van der Waals surface area contributed by atoms with Gasteiger partial charge in [-0.3, -0.25) is 4.79 Å². The minimum atomic E-state index is -0.375. The summed E-state index contributed by atoms with van der Waals surface area (Å²) in [6.07, 6.45) is 5.05. The summed E-state index contributed by atoms with van der Waals surface area (Å²) in [5, 5.41) is 0. The zero-order valence-corrected chi connectivity index (χ0v) is 10.3. The largest absolute Gasteiger partial charge is 0.465 e. The van der Waals surface area contributed by atoms with E-state index in [1.54, 1.807) is 0 Å². The van der Waals surface area contributed by atoms with E-state index in [1.165, 1.54) is 0 Å². The molecule has 4 nitrogen and oxygen atoms in total. The van der Waals surface area contributed by atoms with Gasteiger partial charge in [0.2, 0.25) is 0 Å². The number of carbonyl (C=O) groups excluding carboxylic acids is 1. The molecule has 1 spiro atoms. The van der Waals surface area contributed by atoms with Gasteiger partial charge < -0.3 is 14.2 Å². The molecule has 96 valence electrons. The number of unbranched alkanes of at least 4 members (excludes halogenated alkanes) is 1. The van der Waals surface area contributed by atoms with Crippen LogP contribution in [0.4, 0.5) is 0 Å². The van der Waals surface area contributed by atoms with Gasteiger partial charge >= 0.3 is 5.97 Å². The smallest absolute Gasteiger partial charge is 0.315 e. The molecule has 0 aliphatic carbocycles. The first-order valence-corrected chi connectivity index (χ1v) is 6.70. The highest BCUT2D eigenvalue weighted by atomic mass is 16.6. The maximum atomic E-state index is 11.9. The van der Waals surface area contributed by atoms with Crippen LogP contribution in [0.25, 0.3) is 0 Å². The van der Waals surface area contributed by atoms with E-state index >= 15 is 0 Å². The van der Waals surface area contributed by atoms with Crippen molar-refractivity contribution >= 4 is 5.97 Å². The molecule has 0 saturated carbocycles. The van der Waals surface area contributed by atoms with Crippen molar-refractivity contribution in [3.63, 3.8) is 0 Å². The van der Waals surface area contributed by atoms with Crippen LogP contribution in [0, 0.1) is 5.41 Å². The van der Waals surface area contributed by atoms with Gasteiger partial charge in [0.1, 0.15) is 11.5 Å². The van der Waals surface area contributed by atoms with E-state index in [-0.39, 0.29) is 29.7 Å². The summed E-state index contributed by atoms with van der Waals surface area (Å²) in [5.74, 6) is -0.0613. The lowest BCUT2D eigenvalue weighted by Crippen LogP contribution is -2.45. The first-order valence-electron chi connectivity index (χ1n) is 6.70. The zero-order valence-electron chi connectivity index (χ0n) is 10.3. The normalized spacial score (nSPS) is 43.6. The first kappa shape index (κ1) is 11.5. The average molecular weight is 240 g/mol. The van der Waals surface area contributed by atoms with Crippen LogP contribution in [-0.4, -0.2) is 37.5 Å². The molecule has 3 heterocycles. The molecule has 4 unspecified atom stereocenters. The maximum absolute atomic E-state index is 11.9. The van der Waals surface area contributed by atoms with Crippen LogP contribution in [0.5, 0.6) is 0 Å². The van der Waals surface area contributed by atoms with Gasteiger partial charge in [-0.25, -0.2) is 0 Å². The van der Waals surface area contributed by atoms with Gasteiger partial charge in [0.05, 0.1) is 18.8 Å². The molecule has 0 aromatic rings. The monoisotopic (exact) mass is 240 g/mol. The Morgan fingerprint density at radius 1 is 1.53 bits per heavy atom. The molecule has 3 fully saturated rings. The first-order chi connectivity index (χ1) is 8.26. The summed E-state index contributed by atoms with van der Waals surface area (Å²) in [4.78, 5) is 11.9. The Hall–Kier alpha value is -0.610. The molecule has 0 aromatic carbocycles. The SMILES string of the molecule is CCCCOC1CC2CC3(CCOC3=O)C1O2. The van der Waals surface area contributed by atoms with Crippen LogP contribution >= 0.6 is 0 Å². The molecule has 17 heavy (non-hydrogen) atoms. The number of fused-ring (bicyclic) bond motifs is 3. The lowest BCUT2D eigenvalue weighted by Gasteiger charge is -2.32. The van der Waals surface area contributed by atoms with Crippen molar-refractivity contribution in [1.29, 1.82) is 0 Å². The Morgan fingerprint density at radius 3 is 3.06 bits per heavy atom. The van der Waals surface area contributed by atoms with E-state index in [1.807, 2.05) is 0 Å². The number of rotatable bonds is 4. The highest BCUT2D eigenvalue weighted by Crippen LogP contribution is 2.53. The second kappa shape index (κ2) is 4.25. The van der Waals surface area contributed by atoms with E-state index in [0.717, 1.165) is 38.7 Å². The molecule has 0 radical (unpaired) electrons. The molecule has 2 bridgehead atoms. The van der Waals surface area contributed by atoms with Crippen LogP contribution in [0.1, 0.15) is 39.0 Å². The van der Waals surface area contributed by atoms with Crippen molar-refractivity contribution < 1.29 is 19.0 Å². The number of esters is 1. The summed E-state index contributed by atoms with van der Waals surface area (Å²) in [6, 6.07) is 0. The van der Waals surface area contributed by atoms with Gasteiger partial charge in [-0.1, -0.05) is 13.3 Å². The van der Waals surface area contributed by atoms with Crippen LogP contribution < -0.4 is 0 Å². The third-order valence-electron chi connectivity index (χ3n) is 4.33. The molecule has 3 aliphatic heterocycles. The Labute approximate surface area is 102 Å². The summed E-state index contributed by atoms with van der Waals surface area (Å²) in [5.41, 5.74) is -0.375. The van der Waals surface area contributed by atoms with E-state index in [2.05, 4.69) is 6.92 Å². The Kier molecular flexibility index (Phi) is 2.87. The maximum Gasteiger partial charge on any atom is 0.315 e. The van der Waals surface area contributed by atoms with E-state index in [0.29, 0.717) is 6.61 Å². The molecular weight excluding hydrogens is 220 g/mol. The molecule has 4 atom stereocenters. The molecule has 0 aromatic heterocycles. The summed E-state index contributed by atoms with van der Waals surface area (Å²) >= 11 is 0. The van der Waals surface area contributed by atoms with E-state index in [4.69, 9.17) is 14.2 Å². The van der Waals surface area contributed by atoms with E-state index < -0.39 is 0 Å². The van der Waals surface area contributed by atoms with Crippen molar-refractivity contribution in [3.8, 4) is 0 Å². The predicted molar refractivity (Wildman–Crippen MR) is 60.6 cm³/mol. The topological polar surface area (TPSA) is 44.8 Å². The van der Waals surface area contributed by atoms with Gasteiger partial charge in [0.25, 0.3) is 0 Å². The van der Waals surface area contributed by atoms with Gasteiger partial charge in [-0.15, -0.1) is 0 Å². The fraction of sp³-hybridized carbons (Fsp3) is 0.923. The number of cyclic esters (lactones) is 1. The second-order valence-electron chi connectivity index (χ2n) is 5.42. The number of hydrogen-bond donors (Lipinski definition) is 0. The van der Waals surface area contributed by atoms with Crippen LogP contribution in [0.2, 0.25) is 0 Å². The van der Waals surface area contributed by atoms with Crippen LogP contribution in [0.3, 0.4) is 0 Å². The summed E-state index contributed by atoms with van der Waals surface area (Å²) in [7, 11) is 0. The number of carbonyl (C=O) groups is 1. The van der Waals surface area contributed by atoms with Crippen LogP contribution in [-0.2, 0) is 19.0 Å². The summed E-state index contributed by atoms with van der Waals surface area (Å²) < 4.78 is 16.9. The Morgan fingerprint density at radius 2 is 2.41 bits per heavy atom. The molecule has 0 N–H and O–H groups in total. The highest BCUT2D eigenvalue weighted by molar-refractivity contribution is 5.80. The third-order valence-corrected chi connectivity index (χ3v) is 4.33. The van der Waals surface area contributed by atoms with Gasteiger partial charge in [-0.05, 0) is 12.8 Å². The Bertz CT molecular complexity index is 317. The van der Waals surface area contributed by atoms with Gasteiger partial charge in [0, 0.05) is 19.4 Å². The van der Waals surface area contributed by atoms with Crippen LogP contribution in [0.15, 0.2) is 0 Å². The van der Waals surface area contributed by atoms with Crippen molar-refractivity contribution in [2.24, 2.45) is 5.41 Å². The van der Waals surface area contributed by atoms with E-state index in [9.17, 15) is 4.79 Å². The lowest BCUT2D eigenvalue weighted by molar-refractivity contribution is -0.152. The van der Waals surface area contributed by atoms with Crippen molar-refractivity contribution in [2.75, 3.05) is 13.2 Å². The van der Waals surface area contributed by atoms with Crippen molar-refractivity contribution in [1.82, 2.24) is 0 Å². The number of hydrogen-bond acceptors (Lipinski definition) is 4. The molecule has 3 saturated heterocycles. The Balaban J connectivity index is 1.68. The fourth-order valence-electron chi connectivity index (χ4n) is 3.42. The average Bonchev–Trinajstić information content (AvgIpc) is 2.96. The van der Waals surface area contributed by atoms with Gasteiger partial charge in [-0.2, -0.15) is 0 Å². The van der Waals surface area contributed by atoms with Crippen molar-refractivity contribution in [2.45, 2.75) is 57.3 Å². The minimum absolute atomic E-state index is 0.0562. The molecule has 3 aliphatic rings. The highest BCUT2D eigenvalue weighted by Gasteiger charge is 2.64. The van der Waals surface area contributed by atoms with Gasteiger partial charge in [0.15, 0.2) is 0 Å². The lowest BCUT2D eigenvalue weighted by atomic mass is 9.72. The second-order valence-corrected chi connectivity index (χ2v) is 5.42. The predicted octanol–water partition coefficient (Wildman–Crippen LogP) is 1.67. The number of ether oxygens (including phenoxy) is 3. The molecule has 0 amide bonds. The fourth-order valence-corrected chi connectivity index (χ4v) is 3.42. The van der Waals surface area contributed by atoms with Crippen molar-refractivity contribution in [3.05, 3.63) is 0 Å². The molecular formula is C13H20O4. The quantitative estimate of drug-likeness (QED) is 0.554. The standard InChI is InChI=1S/C13H20O4/c1-2-3-5-15-10-7-9-8-13(11(10)17-9)4-6-16-12(13)14/h9-11H,2-8H2,1H3. The summed E-state index contributed by atoms with van der Waals surface area (Å²) in [6.45, 7) is 3.47. The molecule has 4 heteroatoms. The third kappa shape index (κ3) is 1.69. The molecule has 3 rings (SSSR count). The zero-order chi connectivity index (χ0) is 11.9.